The smallest absolute Gasteiger partial charge is 0.255 e. The summed E-state index contributed by atoms with van der Waals surface area (Å²) in [4.78, 5) is 21.0. The molecule has 144 valence electrons. The van der Waals surface area contributed by atoms with Gasteiger partial charge < -0.3 is 9.88 Å². The first kappa shape index (κ1) is 18.9. The zero-order valence-corrected chi connectivity index (χ0v) is 16.4. The zero-order chi connectivity index (χ0) is 20.2. The fraction of sp³-hybridized carbons (Fsp3) is 0.0870. The predicted octanol–water partition coefficient (Wildman–Crippen LogP) is 5.58. The van der Waals surface area contributed by atoms with Gasteiger partial charge in [-0.2, -0.15) is 0 Å². The van der Waals surface area contributed by atoms with Crippen molar-refractivity contribution in [2.45, 2.75) is 13.0 Å². The molecule has 5 nitrogen and oxygen atoms in total. The lowest BCUT2D eigenvalue weighted by atomic mass is 10.1. The third kappa shape index (κ3) is 3.91. The number of allylic oxidation sites excluding steroid dienone is 1. The van der Waals surface area contributed by atoms with E-state index in [-0.39, 0.29) is 5.91 Å². The first-order valence-electron chi connectivity index (χ1n) is 9.24. The fourth-order valence-electron chi connectivity index (χ4n) is 3.26. The molecule has 0 saturated carbocycles. The van der Waals surface area contributed by atoms with Crippen LogP contribution in [-0.4, -0.2) is 20.4 Å². The molecule has 4 aromatic rings. The molecule has 1 amide bonds. The second kappa shape index (κ2) is 8.29. The number of aryl methyl sites for hydroxylation is 1. The van der Waals surface area contributed by atoms with Gasteiger partial charge in [-0.1, -0.05) is 48.0 Å². The summed E-state index contributed by atoms with van der Waals surface area (Å²) in [7, 11) is 0. The average molecular weight is 403 g/mol. The lowest BCUT2D eigenvalue weighted by Gasteiger charge is -2.07. The van der Waals surface area contributed by atoms with Gasteiger partial charge in [0.1, 0.15) is 17.1 Å². The summed E-state index contributed by atoms with van der Waals surface area (Å²) < 4.78 is 2.05. The van der Waals surface area contributed by atoms with Crippen molar-refractivity contribution in [3.05, 3.63) is 90.5 Å². The van der Waals surface area contributed by atoms with Gasteiger partial charge in [0.2, 0.25) is 0 Å². The van der Waals surface area contributed by atoms with E-state index in [1.54, 1.807) is 12.1 Å². The van der Waals surface area contributed by atoms with Crippen LogP contribution < -0.4 is 5.32 Å². The number of carbonyl (C=O) groups is 1. The summed E-state index contributed by atoms with van der Waals surface area (Å²) >= 11 is 6.41. The van der Waals surface area contributed by atoms with Crippen LogP contribution in [0.1, 0.15) is 16.8 Å². The van der Waals surface area contributed by atoms with E-state index in [1.807, 2.05) is 54.7 Å². The molecule has 0 aliphatic heterocycles. The van der Waals surface area contributed by atoms with Crippen molar-refractivity contribution >= 4 is 34.2 Å². The number of halogens is 1. The van der Waals surface area contributed by atoms with E-state index in [2.05, 4.69) is 26.4 Å². The minimum Gasteiger partial charge on any atom is -0.331 e. The Balaban J connectivity index is 1.72. The summed E-state index contributed by atoms with van der Waals surface area (Å²) in [6, 6.07) is 16.8. The van der Waals surface area contributed by atoms with Gasteiger partial charge >= 0.3 is 0 Å². The van der Waals surface area contributed by atoms with Crippen LogP contribution in [0.2, 0.25) is 5.15 Å². The van der Waals surface area contributed by atoms with Crippen LogP contribution in [0.25, 0.3) is 22.2 Å². The number of carbonyl (C=O) groups excluding carboxylic acids is 1. The largest absolute Gasteiger partial charge is 0.331 e. The van der Waals surface area contributed by atoms with Crippen LogP contribution in [0.3, 0.4) is 0 Å². The van der Waals surface area contributed by atoms with Gasteiger partial charge in [0.25, 0.3) is 5.91 Å². The maximum absolute atomic E-state index is 12.5. The second-order valence-corrected chi connectivity index (χ2v) is 6.94. The molecule has 0 radical (unpaired) electrons. The zero-order valence-electron chi connectivity index (χ0n) is 15.7. The summed E-state index contributed by atoms with van der Waals surface area (Å²) in [6.07, 6.45) is 6.17. The van der Waals surface area contributed by atoms with Gasteiger partial charge in [-0.25, -0.2) is 9.97 Å². The van der Waals surface area contributed by atoms with Gasteiger partial charge in [-0.3, -0.25) is 4.79 Å². The minimum atomic E-state index is -0.155. The van der Waals surface area contributed by atoms with Crippen molar-refractivity contribution in [1.29, 1.82) is 0 Å². The fourth-order valence-corrected chi connectivity index (χ4v) is 3.49. The van der Waals surface area contributed by atoms with E-state index >= 15 is 0 Å². The Kier molecular flexibility index (Phi) is 5.40. The molecule has 0 saturated heterocycles. The molecule has 0 unspecified atom stereocenters. The summed E-state index contributed by atoms with van der Waals surface area (Å²) in [5.74, 6) is -0.155. The quantitative estimate of drug-likeness (QED) is 0.338. The minimum absolute atomic E-state index is 0.155. The maximum atomic E-state index is 12.5. The predicted molar refractivity (Wildman–Crippen MR) is 117 cm³/mol. The van der Waals surface area contributed by atoms with Gasteiger partial charge in [-0.05, 0) is 36.2 Å². The van der Waals surface area contributed by atoms with E-state index in [0.717, 1.165) is 35.1 Å². The van der Waals surface area contributed by atoms with Crippen LogP contribution >= 0.6 is 11.6 Å². The molecular formula is C23H19ClN4O. The van der Waals surface area contributed by atoms with Crippen LogP contribution in [0.4, 0.5) is 5.69 Å². The highest BCUT2D eigenvalue weighted by atomic mass is 35.5. The first-order valence-corrected chi connectivity index (χ1v) is 9.62. The lowest BCUT2D eigenvalue weighted by molar-refractivity contribution is 0.102. The number of fused-ring (bicyclic) bond motifs is 1. The SMILES string of the molecule is C=CCCn1cc(-c2cccc(NC(=O)c3ccccc3)c2)c2c(Cl)ncnc21. The molecule has 29 heavy (non-hydrogen) atoms. The molecule has 1 N–H and O–H groups in total. The summed E-state index contributed by atoms with van der Waals surface area (Å²) in [6.45, 7) is 4.54. The summed E-state index contributed by atoms with van der Waals surface area (Å²) in [5.41, 5.74) is 3.94. The molecule has 0 spiro atoms. The van der Waals surface area contributed by atoms with Crippen molar-refractivity contribution in [3.63, 3.8) is 0 Å². The molecule has 0 fully saturated rings. The third-order valence-electron chi connectivity index (χ3n) is 4.65. The molecule has 2 heterocycles. The standard InChI is InChI=1S/C23H19ClN4O/c1-2-3-12-28-14-19(20-21(24)25-15-26-22(20)28)17-10-7-11-18(13-17)27-23(29)16-8-5-4-6-9-16/h2,4-11,13-15H,1,3,12H2,(H,27,29). The first-order chi connectivity index (χ1) is 14.2. The molecule has 6 heteroatoms. The Hall–Kier alpha value is -3.44. The second-order valence-electron chi connectivity index (χ2n) is 6.58. The van der Waals surface area contributed by atoms with Gasteiger partial charge in [0.05, 0.1) is 5.39 Å². The maximum Gasteiger partial charge on any atom is 0.255 e. The van der Waals surface area contributed by atoms with E-state index < -0.39 is 0 Å². The molecule has 0 bridgehead atoms. The lowest BCUT2D eigenvalue weighted by Crippen LogP contribution is -2.11. The molecule has 0 atom stereocenters. The van der Waals surface area contributed by atoms with Gasteiger partial charge in [0.15, 0.2) is 0 Å². The number of anilines is 1. The highest BCUT2D eigenvalue weighted by Gasteiger charge is 2.16. The highest BCUT2D eigenvalue weighted by Crippen LogP contribution is 2.34. The van der Waals surface area contributed by atoms with E-state index in [1.165, 1.54) is 6.33 Å². The van der Waals surface area contributed by atoms with Gasteiger partial charge in [0, 0.05) is 29.6 Å². The Morgan fingerprint density at radius 3 is 2.76 bits per heavy atom. The molecule has 2 aromatic carbocycles. The summed E-state index contributed by atoms with van der Waals surface area (Å²) in [5, 5.41) is 4.15. The number of benzene rings is 2. The van der Waals surface area contributed by atoms with Crippen LogP contribution in [-0.2, 0) is 6.54 Å². The van der Waals surface area contributed by atoms with Crippen LogP contribution in [0.15, 0.2) is 79.8 Å². The average Bonchev–Trinajstić information content (AvgIpc) is 3.13. The number of hydrogen-bond acceptors (Lipinski definition) is 3. The number of hydrogen-bond donors (Lipinski definition) is 1. The van der Waals surface area contributed by atoms with Crippen molar-refractivity contribution in [2.24, 2.45) is 0 Å². The Morgan fingerprint density at radius 1 is 1.14 bits per heavy atom. The van der Waals surface area contributed by atoms with E-state index in [9.17, 15) is 4.79 Å². The number of nitrogens with one attached hydrogen (secondary N) is 1. The third-order valence-corrected chi connectivity index (χ3v) is 4.94. The molecule has 4 rings (SSSR count). The molecule has 0 aliphatic carbocycles. The molecule has 2 aromatic heterocycles. The normalized spacial score (nSPS) is 10.8. The number of nitrogens with zero attached hydrogens (tertiary/aromatic N) is 3. The number of aromatic nitrogens is 3. The van der Waals surface area contributed by atoms with Crippen molar-refractivity contribution in [2.75, 3.05) is 5.32 Å². The topological polar surface area (TPSA) is 59.8 Å². The van der Waals surface area contributed by atoms with E-state index in [4.69, 9.17) is 11.6 Å². The monoisotopic (exact) mass is 402 g/mol. The molecule has 0 aliphatic rings. The Labute approximate surface area is 173 Å². The van der Waals surface area contributed by atoms with Crippen molar-refractivity contribution in [3.8, 4) is 11.1 Å². The highest BCUT2D eigenvalue weighted by molar-refractivity contribution is 6.35. The molecular weight excluding hydrogens is 384 g/mol. The number of amides is 1. The number of rotatable bonds is 6. The van der Waals surface area contributed by atoms with Crippen molar-refractivity contribution in [1.82, 2.24) is 14.5 Å². The Bertz CT molecular complexity index is 1180. The van der Waals surface area contributed by atoms with Crippen molar-refractivity contribution < 1.29 is 4.79 Å². The van der Waals surface area contributed by atoms with Crippen LogP contribution in [0.5, 0.6) is 0 Å². The Morgan fingerprint density at radius 2 is 1.97 bits per heavy atom. The van der Waals surface area contributed by atoms with Crippen LogP contribution in [0, 0.1) is 0 Å². The van der Waals surface area contributed by atoms with E-state index in [0.29, 0.717) is 16.4 Å². The van der Waals surface area contributed by atoms with Gasteiger partial charge in [-0.15, -0.1) is 6.58 Å².